The van der Waals surface area contributed by atoms with Crippen LogP contribution in [0.5, 0.6) is 0 Å². The van der Waals surface area contributed by atoms with Gasteiger partial charge in [0.25, 0.3) is 0 Å². The Hall–Kier alpha value is -2.45. The lowest BCUT2D eigenvalue weighted by atomic mass is 10.2. The van der Waals surface area contributed by atoms with Crippen molar-refractivity contribution in [2.45, 2.75) is 12.3 Å². The molecule has 1 aromatic carbocycles. The minimum atomic E-state index is -3.13. The molecule has 8 heteroatoms. The van der Waals surface area contributed by atoms with Crippen LogP contribution in [0.3, 0.4) is 0 Å². The van der Waals surface area contributed by atoms with Crippen molar-refractivity contribution in [2.75, 3.05) is 38.8 Å². The maximum atomic E-state index is 12.8. The van der Waals surface area contributed by atoms with Crippen LogP contribution in [0.2, 0.25) is 0 Å². The number of carbonyl (C=O) groups excluding carboxylic acids is 1. The molecular weight excluding hydrogens is 364 g/mol. The Morgan fingerprint density at radius 2 is 1.85 bits per heavy atom. The largest absolute Gasteiger partial charge is 0.322 e. The molecule has 0 bridgehead atoms. The maximum absolute atomic E-state index is 12.8. The van der Waals surface area contributed by atoms with Crippen molar-refractivity contribution in [3.63, 3.8) is 0 Å². The zero-order valence-electron chi connectivity index (χ0n) is 15.9. The molecule has 0 saturated heterocycles. The lowest BCUT2D eigenvalue weighted by Gasteiger charge is -2.25. The van der Waals surface area contributed by atoms with E-state index in [9.17, 15) is 13.2 Å². The lowest BCUT2D eigenvalue weighted by Crippen LogP contribution is -2.39. The molecule has 27 heavy (non-hydrogen) atoms. The number of likely N-dealkylation sites (N-methyl/N-ethyl adjacent to an activating group) is 1. The summed E-state index contributed by atoms with van der Waals surface area (Å²) in [6.07, 6.45) is 4.62. The summed E-state index contributed by atoms with van der Waals surface area (Å²) in [5, 5.41) is 2.87. The van der Waals surface area contributed by atoms with Crippen LogP contribution in [-0.2, 0) is 22.1 Å². The van der Waals surface area contributed by atoms with Crippen molar-refractivity contribution in [2.24, 2.45) is 0 Å². The van der Waals surface area contributed by atoms with Gasteiger partial charge in [0.05, 0.1) is 5.75 Å². The van der Waals surface area contributed by atoms with Gasteiger partial charge in [-0.25, -0.2) is 13.2 Å². The fraction of sp³-hybridized carbons (Fsp3) is 0.368. The number of hydrogen-bond donors (Lipinski definition) is 1. The van der Waals surface area contributed by atoms with Gasteiger partial charge in [-0.2, -0.15) is 0 Å². The van der Waals surface area contributed by atoms with E-state index in [4.69, 9.17) is 0 Å². The van der Waals surface area contributed by atoms with Gasteiger partial charge in [-0.3, -0.25) is 4.98 Å². The Labute approximate surface area is 160 Å². The standard InChI is InChI=1S/C19H26N4O3S/c1-22(2)10-11-23(14-17-7-5-9-20-13-17)19(24)21-18-8-4-6-16(12-18)15-27(3,25)26/h4-9,12-13H,10-11,14-15H2,1-3H3,(H,21,24). The quantitative estimate of drug-likeness (QED) is 0.747. The van der Waals surface area contributed by atoms with E-state index in [0.29, 0.717) is 24.3 Å². The Kier molecular flexibility index (Phi) is 7.32. The fourth-order valence-electron chi connectivity index (χ4n) is 2.53. The molecule has 0 fully saturated rings. The molecule has 0 aliphatic heterocycles. The van der Waals surface area contributed by atoms with E-state index in [1.165, 1.54) is 6.26 Å². The molecule has 0 saturated carbocycles. The summed E-state index contributed by atoms with van der Waals surface area (Å²) in [6, 6.07) is 10.4. The first-order valence-corrected chi connectivity index (χ1v) is 10.7. The van der Waals surface area contributed by atoms with Gasteiger partial charge in [0.2, 0.25) is 0 Å². The molecule has 1 heterocycles. The van der Waals surface area contributed by atoms with Crippen molar-refractivity contribution in [3.8, 4) is 0 Å². The molecule has 0 radical (unpaired) electrons. The lowest BCUT2D eigenvalue weighted by molar-refractivity contribution is 0.202. The van der Waals surface area contributed by atoms with E-state index < -0.39 is 9.84 Å². The summed E-state index contributed by atoms with van der Waals surface area (Å²) in [5.74, 6) is -0.0588. The first-order valence-electron chi connectivity index (χ1n) is 8.59. The molecule has 0 atom stereocenters. The molecular formula is C19H26N4O3S. The third-order valence-electron chi connectivity index (χ3n) is 3.81. The van der Waals surface area contributed by atoms with Gasteiger partial charge in [0, 0.05) is 44.0 Å². The molecule has 7 nitrogen and oxygen atoms in total. The van der Waals surface area contributed by atoms with Gasteiger partial charge in [-0.15, -0.1) is 0 Å². The smallest absolute Gasteiger partial charge is 0.319 e. The van der Waals surface area contributed by atoms with Crippen molar-refractivity contribution in [3.05, 3.63) is 59.9 Å². The Balaban J connectivity index is 2.11. The highest BCUT2D eigenvalue weighted by Crippen LogP contribution is 2.14. The number of amides is 2. The number of sulfone groups is 1. The highest BCUT2D eigenvalue weighted by atomic mass is 32.2. The highest BCUT2D eigenvalue weighted by Gasteiger charge is 2.15. The molecule has 0 unspecified atom stereocenters. The van der Waals surface area contributed by atoms with E-state index in [2.05, 4.69) is 10.3 Å². The number of aromatic nitrogens is 1. The van der Waals surface area contributed by atoms with Gasteiger partial charge in [-0.05, 0) is 43.4 Å². The molecule has 2 amide bonds. The van der Waals surface area contributed by atoms with Crippen LogP contribution in [0.15, 0.2) is 48.8 Å². The monoisotopic (exact) mass is 390 g/mol. The molecule has 1 N–H and O–H groups in total. The Morgan fingerprint density at radius 1 is 1.11 bits per heavy atom. The average molecular weight is 391 g/mol. The van der Waals surface area contributed by atoms with E-state index in [0.717, 1.165) is 12.1 Å². The van der Waals surface area contributed by atoms with E-state index >= 15 is 0 Å². The summed E-state index contributed by atoms with van der Waals surface area (Å²) in [6.45, 7) is 1.72. The van der Waals surface area contributed by atoms with Gasteiger partial charge >= 0.3 is 6.03 Å². The number of urea groups is 1. The van der Waals surface area contributed by atoms with Crippen LogP contribution in [0.1, 0.15) is 11.1 Å². The summed E-state index contributed by atoms with van der Waals surface area (Å²) in [5.41, 5.74) is 2.15. The number of nitrogens with one attached hydrogen (secondary N) is 1. The third kappa shape index (κ3) is 7.76. The van der Waals surface area contributed by atoms with Crippen LogP contribution in [0, 0.1) is 0 Å². The number of rotatable bonds is 8. The SMILES string of the molecule is CN(C)CCN(Cc1cccnc1)C(=O)Nc1cccc(CS(C)(=O)=O)c1. The molecule has 146 valence electrons. The van der Waals surface area contributed by atoms with Crippen molar-refractivity contribution in [1.29, 1.82) is 0 Å². The Bertz CT molecular complexity index is 854. The number of hydrogen-bond acceptors (Lipinski definition) is 5. The number of carbonyl (C=O) groups is 1. The predicted octanol–water partition coefficient (Wildman–Crippen LogP) is 2.22. The van der Waals surface area contributed by atoms with Crippen LogP contribution >= 0.6 is 0 Å². The van der Waals surface area contributed by atoms with E-state index in [1.807, 2.05) is 31.1 Å². The maximum Gasteiger partial charge on any atom is 0.322 e. The van der Waals surface area contributed by atoms with Crippen LogP contribution in [0.4, 0.5) is 10.5 Å². The average Bonchev–Trinajstić information content (AvgIpc) is 2.58. The summed E-state index contributed by atoms with van der Waals surface area (Å²) < 4.78 is 23.0. The molecule has 1 aromatic heterocycles. The molecule has 0 aliphatic carbocycles. The van der Waals surface area contributed by atoms with Gasteiger partial charge in [0.1, 0.15) is 0 Å². The van der Waals surface area contributed by atoms with Crippen molar-refractivity contribution >= 4 is 21.6 Å². The Morgan fingerprint density at radius 3 is 2.48 bits per heavy atom. The van der Waals surface area contributed by atoms with Crippen LogP contribution in [-0.4, -0.2) is 62.7 Å². The minimum absolute atomic E-state index is 0.0588. The second kappa shape index (κ2) is 9.48. The summed E-state index contributed by atoms with van der Waals surface area (Å²) in [7, 11) is 0.773. The normalized spacial score (nSPS) is 11.4. The van der Waals surface area contributed by atoms with Gasteiger partial charge in [0.15, 0.2) is 9.84 Å². The number of anilines is 1. The topological polar surface area (TPSA) is 82.6 Å². The van der Waals surface area contributed by atoms with Crippen LogP contribution in [0.25, 0.3) is 0 Å². The van der Waals surface area contributed by atoms with Gasteiger partial charge < -0.3 is 15.1 Å². The molecule has 0 spiro atoms. The van der Waals surface area contributed by atoms with Gasteiger partial charge in [-0.1, -0.05) is 18.2 Å². The number of benzene rings is 1. The van der Waals surface area contributed by atoms with Crippen molar-refractivity contribution < 1.29 is 13.2 Å². The fourth-order valence-corrected chi connectivity index (χ4v) is 3.31. The third-order valence-corrected chi connectivity index (χ3v) is 4.67. The zero-order valence-corrected chi connectivity index (χ0v) is 16.7. The van der Waals surface area contributed by atoms with E-state index in [1.54, 1.807) is 41.6 Å². The second-order valence-corrected chi connectivity index (χ2v) is 8.93. The van der Waals surface area contributed by atoms with Crippen LogP contribution < -0.4 is 5.32 Å². The number of pyridine rings is 1. The first kappa shape index (κ1) is 20.9. The number of nitrogens with zero attached hydrogens (tertiary/aromatic N) is 3. The molecule has 2 rings (SSSR count). The minimum Gasteiger partial charge on any atom is -0.319 e. The molecule has 2 aromatic rings. The second-order valence-electron chi connectivity index (χ2n) is 6.79. The van der Waals surface area contributed by atoms with E-state index in [-0.39, 0.29) is 11.8 Å². The zero-order chi connectivity index (χ0) is 19.9. The summed E-state index contributed by atoms with van der Waals surface area (Å²) >= 11 is 0. The highest BCUT2D eigenvalue weighted by molar-refractivity contribution is 7.89. The first-order chi connectivity index (χ1) is 12.7. The predicted molar refractivity (Wildman–Crippen MR) is 107 cm³/mol. The summed E-state index contributed by atoms with van der Waals surface area (Å²) in [4.78, 5) is 20.6. The molecule has 0 aliphatic rings. The van der Waals surface area contributed by atoms with Crippen molar-refractivity contribution in [1.82, 2.24) is 14.8 Å².